The second-order valence-electron chi connectivity index (χ2n) is 4.61. The molecule has 1 unspecified atom stereocenters. The normalized spacial score (nSPS) is 12.2. The maximum atomic E-state index is 12.1. The van der Waals surface area contributed by atoms with Gasteiger partial charge in [-0.3, -0.25) is 4.79 Å². The van der Waals surface area contributed by atoms with Crippen molar-refractivity contribution >= 4 is 33.2 Å². The van der Waals surface area contributed by atoms with Crippen molar-refractivity contribution in [2.75, 3.05) is 13.6 Å². The summed E-state index contributed by atoms with van der Waals surface area (Å²) >= 11 is 4.87. The lowest BCUT2D eigenvalue weighted by atomic mass is 10.1. The van der Waals surface area contributed by atoms with Gasteiger partial charge in [0, 0.05) is 16.4 Å². The number of nitrogens with zero attached hydrogens (tertiary/aromatic N) is 1. The Morgan fingerprint density at radius 1 is 1.35 bits per heavy atom. The van der Waals surface area contributed by atoms with Gasteiger partial charge >= 0.3 is 0 Å². The zero-order chi connectivity index (χ0) is 14.5. The molecule has 0 saturated carbocycles. The molecule has 0 saturated heterocycles. The SMILES string of the molecule is CN(CC(O)c1cccs1)C(=O)Cc1ccc(Br)cc1. The van der Waals surface area contributed by atoms with Crippen LogP contribution in [-0.4, -0.2) is 29.5 Å². The first-order valence-electron chi connectivity index (χ1n) is 6.26. The van der Waals surface area contributed by atoms with Gasteiger partial charge in [-0.25, -0.2) is 0 Å². The summed E-state index contributed by atoms with van der Waals surface area (Å²) in [4.78, 5) is 14.6. The number of halogens is 1. The predicted octanol–water partition coefficient (Wildman–Crippen LogP) is 3.25. The molecule has 0 spiro atoms. The highest BCUT2D eigenvalue weighted by Gasteiger charge is 2.16. The van der Waals surface area contributed by atoms with Gasteiger partial charge in [0.2, 0.25) is 5.91 Å². The van der Waals surface area contributed by atoms with E-state index in [1.165, 1.54) is 11.3 Å². The number of thiophene rings is 1. The number of benzene rings is 1. The van der Waals surface area contributed by atoms with E-state index in [2.05, 4.69) is 15.9 Å². The number of aliphatic hydroxyl groups excluding tert-OH is 1. The number of carbonyl (C=O) groups excluding carboxylic acids is 1. The Balaban J connectivity index is 1.90. The third kappa shape index (κ3) is 4.16. The lowest BCUT2D eigenvalue weighted by molar-refractivity contribution is -0.130. The number of aliphatic hydroxyl groups is 1. The average molecular weight is 354 g/mol. The molecular weight excluding hydrogens is 338 g/mol. The van der Waals surface area contributed by atoms with E-state index in [1.54, 1.807) is 11.9 Å². The standard InChI is InChI=1S/C15H16BrNO2S/c1-17(10-13(18)14-3-2-8-20-14)15(19)9-11-4-6-12(16)7-5-11/h2-8,13,18H,9-10H2,1H3. The minimum atomic E-state index is -0.617. The van der Waals surface area contributed by atoms with Crippen LogP contribution in [0.1, 0.15) is 16.5 Å². The Kier molecular flexibility index (Phi) is 5.34. The Morgan fingerprint density at radius 2 is 2.05 bits per heavy atom. The third-order valence-corrected chi connectivity index (χ3v) is 4.51. The van der Waals surface area contributed by atoms with Crippen LogP contribution in [0.5, 0.6) is 0 Å². The molecule has 20 heavy (non-hydrogen) atoms. The van der Waals surface area contributed by atoms with Crippen LogP contribution in [0.25, 0.3) is 0 Å². The largest absolute Gasteiger partial charge is 0.386 e. The van der Waals surface area contributed by atoms with Gasteiger partial charge in [0.25, 0.3) is 0 Å². The summed E-state index contributed by atoms with van der Waals surface area (Å²) in [6.45, 7) is 0.315. The molecule has 0 aliphatic heterocycles. The van der Waals surface area contributed by atoms with E-state index in [9.17, 15) is 9.90 Å². The fourth-order valence-corrected chi connectivity index (χ4v) is 2.81. The Labute approximate surface area is 131 Å². The second-order valence-corrected chi connectivity index (χ2v) is 6.50. The first kappa shape index (κ1) is 15.2. The molecule has 1 heterocycles. The smallest absolute Gasteiger partial charge is 0.226 e. The Bertz CT molecular complexity index is 554. The van der Waals surface area contributed by atoms with Gasteiger partial charge < -0.3 is 10.0 Å². The predicted molar refractivity (Wildman–Crippen MR) is 84.8 cm³/mol. The molecule has 0 aliphatic rings. The topological polar surface area (TPSA) is 40.5 Å². The lowest BCUT2D eigenvalue weighted by Crippen LogP contribution is -2.32. The summed E-state index contributed by atoms with van der Waals surface area (Å²) in [5.74, 6) is 0.00271. The molecule has 1 amide bonds. The Hall–Kier alpha value is -1.17. The van der Waals surface area contributed by atoms with Crippen molar-refractivity contribution in [3.8, 4) is 0 Å². The highest BCUT2D eigenvalue weighted by atomic mass is 79.9. The fraction of sp³-hybridized carbons (Fsp3) is 0.267. The molecular formula is C15H16BrNO2S. The number of hydrogen-bond acceptors (Lipinski definition) is 3. The number of rotatable bonds is 5. The maximum Gasteiger partial charge on any atom is 0.226 e. The molecule has 3 nitrogen and oxygen atoms in total. The van der Waals surface area contributed by atoms with Crippen molar-refractivity contribution in [2.24, 2.45) is 0 Å². The summed E-state index contributed by atoms with van der Waals surface area (Å²) < 4.78 is 0.996. The van der Waals surface area contributed by atoms with Gasteiger partial charge in [0.05, 0.1) is 13.0 Å². The van der Waals surface area contributed by atoms with E-state index in [0.717, 1.165) is 14.9 Å². The van der Waals surface area contributed by atoms with Crippen molar-refractivity contribution in [3.63, 3.8) is 0 Å². The van der Waals surface area contributed by atoms with E-state index < -0.39 is 6.10 Å². The summed E-state index contributed by atoms with van der Waals surface area (Å²) in [5, 5.41) is 12.0. The van der Waals surface area contributed by atoms with E-state index in [1.807, 2.05) is 41.8 Å². The number of hydrogen-bond donors (Lipinski definition) is 1. The molecule has 5 heteroatoms. The average Bonchev–Trinajstić information content (AvgIpc) is 2.95. The fourth-order valence-electron chi connectivity index (χ4n) is 1.84. The van der Waals surface area contributed by atoms with E-state index in [0.29, 0.717) is 13.0 Å². The van der Waals surface area contributed by atoms with Gasteiger partial charge in [0.15, 0.2) is 0 Å². The van der Waals surface area contributed by atoms with Crippen LogP contribution in [-0.2, 0) is 11.2 Å². The van der Waals surface area contributed by atoms with Crippen molar-refractivity contribution in [1.82, 2.24) is 4.90 Å². The van der Waals surface area contributed by atoms with Crippen LogP contribution in [0.15, 0.2) is 46.3 Å². The van der Waals surface area contributed by atoms with Gasteiger partial charge in [-0.1, -0.05) is 34.1 Å². The first-order chi connectivity index (χ1) is 9.56. The molecule has 0 aliphatic carbocycles. The number of carbonyl (C=O) groups is 1. The molecule has 0 radical (unpaired) electrons. The zero-order valence-electron chi connectivity index (χ0n) is 11.1. The molecule has 1 aromatic heterocycles. The van der Waals surface area contributed by atoms with Gasteiger partial charge in [-0.05, 0) is 29.1 Å². The third-order valence-electron chi connectivity index (χ3n) is 3.01. The van der Waals surface area contributed by atoms with E-state index in [-0.39, 0.29) is 5.91 Å². The quantitative estimate of drug-likeness (QED) is 0.896. The van der Waals surface area contributed by atoms with Crippen molar-refractivity contribution in [1.29, 1.82) is 0 Å². The second kappa shape index (κ2) is 7.02. The van der Waals surface area contributed by atoms with Crippen LogP contribution in [0.2, 0.25) is 0 Å². The molecule has 1 atom stereocenters. The van der Waals surface area contributed by atoms with Crippen LogP contribution < -0.4 is 0 Å². The van der Waals surface area contributed by atoms with E-state index in [4.69, 9.17) is 0 Å². The van der Waals surface area contributed by atoms with Gasteiger partial charge in [-0.2, -0.15) is 0 Å². The number of amides is 1. The van der Waals surface area contributed by atoms with Crippen LogP contribution in [0, 0.1) is 0 Å². The molecule has 0 bridgehead atoms. The monoisotopic (exact) mass is 353 g/mol. The van der Waals surface area contributed by atoms with Crippen LogP contribution in [0.4, 0.5) is 0 Å². The van der Waals surface area contributed by atoms with Crippen LogP contribution >= 0.6 is 27.3 Å². The van der Waals surface area contributed by atoms with Gasteiger partial charge in [0.1, 0.15) is 6.10 Å². The maximum absolute atomic E-state index is 12.1. The number of likely N-dealkylation sites (N-methyl/N-ethyl adjacent to an activating group) is 1. The minimum absolute atomic E-state index is 0.00271. The summed E-state index contributed by atoms with van der Waals surface area (Å²) in [7, 11) is 1.72. The molecule has 106 valence electrons. The zero-order valence-corrected chi connectivity index (χ0v) is 13.5. The van der Waals surface area contributed by atoms with Crippen molar-refractivity contribution in [3.05, 3.63) is 56.7 Å². The van der Waals surface area contributed by atoms with Gasteiger partial charge in [-0.15, -0.1) is 11.3 Å². The summed E-state index contributed by atoms with van der Waals surface area (Å²) in [6.07, 6.45) is -0.269. The van der Waals surface area contributed by atoms with Crippen molar-refractivity contribution in [2.45, 2.75) is 12.5 Å². The molecule has 2 aromatic rings. The summed E-state index contributed by atoms with van der Waals surface area (Å²) in [5.41, 5.74) is 0.968. The lowest BCUT2D eigenvalue weighted by Gasteiger charge is -2.20. The van der Waals surface area contributed by atoms with E-state index >= 15 is 0 Å². The van der Waals surface area contributed by atoms with Crippen molar-refractivity contribution < 1.29 is 9.90 Å². The van der Waals surface area contributed by atoms with Crippen LogP contribution in [0.3, 0.4) is 0 Å². The summed E-state index contributed by atoms with van der Waals surface area (Å²) in [6, 6.07) is 11.5. The highest BCUT2D eigenvalue weighted by Crippen LogP contribution is 2.19. The molecule has 2 rings (SSSR count). The molecule has 1 aromatic carbocycles. The highest BCUT2D eigenvalue weighted by molar-refractivity contribution is 9.10. The molecule has 0 fully saturated rings. The molecule has 1 N–H and O–H groups in total. The Morgan fingerprint density at radius 3 is 2.65 bits per heavy atom. The minimum Gasteiger partial charge on any atom is -0.386 e. The first-order valence-corrected chi connectivity index (χ1v) is 7.93.